The van der Waals surface area contributed by atoms with Crippen molar-refractivity contribution in [1.82, 2.24) is 0 Å². The lowest BCUT2D eigenvalue weighted by atomic mass is 10.1. The fourth-order valence-corrected chi connectivity index (χ4v) is 2.01. The molecule has 0 bridgehead atoms. The molecule has 0 saturated carbocycles. The third-order valence-electron chi connectivity index (χ3n) is 2.88. The molecular weight excluding hydrogens is 260 g/mol. The van der Waals surface area contributed by atoms with Crippen molar-refractivity contribution in [2.24, 2.45) is 0 Å². The topological polar surface area (TPSA) is 83.7 Å². The van der Waals surface area contributed by atoms with Gasteiger partial charge in [0.15, 0.2) is 5.78 Å². The molecule has 0 unspecified atom stereocenters. The summed E-state index contributed by atoms with van der Waals surface area (Å²) in [6, 6.07) is 4.44. The number of carbonyl (C=O) groups is 1. The summed E-state index contributed by atoms with van der Waals surface area (Å²) in [7, 11) is 0. The van der Waals surface area contributed by atoms with Crippen LogP contribution in [0.5, 0.6) is 0 Å². The molecule has 6 nitrogen and oxygen atoms in total. The Morgan fingerprint density at radius 3 is 2.45 bits per heavy atom. The maximum absolute atomic E-state index is 11.5. The van der Waals surface area contributed by atoms with Gasteiger partial charge < -0.3 is 10.0 Å². The van der Waals surface area contributed by atoms with Gasteiger partial charge in [0.2, 0.25) is 0 Å². The number of ketones is 1. The summed E-state index contributed by atoms with van der Waals surface area (Å²) in [6.07, 6.45) is 0. The van der Waals surface area contributed by atoms with Gasteiger partial charge in [-0.25, -0.2) is 0 Å². The third kappa shape index (κ3) is 4.03. The number of nitrogens with zero attached hydrogens (tertiary/aromatic N) is 2. The second-order valence-electron chi connectivity index (χ2n) is 5.34. The molecule has 0 atom stereocenters. The van der Waals surface area contributed by atoms with Gasteiger partial charge in [-0.15, -0.1) is 0 Å². The summed E-state index contributed by atoms with van der Waals surface area (Å²) >= 11 is 0. The molecule has 110 valence electrons. The van der Waals surface area contributed by atoms with Crippen molar-refractivity contribution in [3.63, 3.8) is 0 Å². The zero-order chi connectivity index (χ0) is 15.5. The van der Waals surface area contributed by atoms with Crippen LogP contribution in [0.2, 0.25) is 0 Å². The van der Waals surface area contributed by atoms with Gasteiger partial charge in [-0.05, 0) is 39.8 Å². The van der Waals surface area contributed by atoms with E-state index < -0.39 is 10.5 Å². The van der Waals surface area contributed by atoms with E-state index in [0.29, 0.717) is 18.8 Å². The SMILES string of the molecule is CCN(CC(C)(C)O)c1ccc([N+](=O)[O-])c(C(C)=O)c1. The largest absolute Gasteiger partial charge is 0.389 e. The average Bonchev–Trinajstić information content (AvgIpc) is 2.33. The highest BCUT2D eigenvalue weighted by Gasteiger charge is 2.22. The molecule has 0 amide bonds. The average molecular weight is 280 g/mol. The number of aliphatic hydroxyl groups is 1. The van der Waals surface area contributed by atoms with E-state index in [1.54, 1.807) is 19.9 Å². The molecule has 1 rings (SSSR count). The molecule has 0 fully saturated rings. The number of anilines is 1. The van der Waals surface area contributed by atoms with Crippen LogP contribution in [0.4, 0.5) is 11.4 Å². The summed E-state index contributed by atoms with van der Waals surface area (Å²) in [5, 5.41) is 20.8. The molecule has 0 aliphatic heterocycles. The summed E-state index contributed by atoms with van der Waals surface area (Å²) in [5.74, 6) is -0.349. The third-order valence-corrected chi connectivity index (χ3v) is 2.88. The molecule has 20 heavy (non-hydrogen) atoms. The Bertz CT molecular complexity index is 520. The fraction of sp³-hybridized carbons (Fsp3) is 0.500. The van der Waals surface area contributed by atoms with Crippen molar-refractivity contribution in [2.75, 3.05) is 18.0 Å². The van der Waals surface area contributed by atoms with E-state index in [4.69, 9.17) is 0 Å². The molecule has 6 heteroatoms. The van der Waals surface area contributed by atoms with Gasteiger partial charge in [0.1, 0.15) is 0 Å². The minimum Gasteiger partial charge on any atom is -0.389 e. The predicted molar refractivity (Wildman–Crippen MR) is 77.3 cm³/mol. The minimum absolute atomic E-state index is 0.0849. The first-order chi connectivity index (χ1) is 9.15. The summed E-state index contributed by atoms with van der Waals surface area (Å²) in [6.45, 7) is 7.59. The van der Waals surface area contributed by atoms with Crippen molar-refractivity contribution >= 4 is 17.2 Å². The quantitative estimate of drug-likeness (QED) is 0.491. The van der Waals surface area contributed by atoms with E-state index in [2.05, 4.69) is 0 Å². The Balaban J connectivity index is 3.22. The first-order valence-corrected chi connectivity index (χ1v) is 6.42. The van der Waals surface area contributed by atoms with Crippen LogP contribution < -0.4 is 4.90 Å². The van der Waals surface area contributed by atoms with Gasteiger partial charge in [0.05, 0.1) is 16.1 Å². The lowest BCUT2D eigenvalue weighted by Gasteiger charge is -2.30. The molecule has 0 radical (unpaired) electrons. The van der Waals surface area contributed by atoms with E-state index in [-0.39, 0.29) is 17.0 Å². The maximum Gasteiger partial charge on any atom is 0.280 e. The Morgan fingerprint density at radius 1 is 1.45 bits per heavy atom. The lowest BCUT2D eigenvalue weighted by Crippen LogP contribution is -2.38. The van der Waals surface area contributed by atoms with Crippen LogP contribution >= 0.6 is 0 Å². The Hall–Kier alpha value is -1.95. The molecule has 0 aliphatic carbocycles. The van der Waals surface area contributed by atoms with Gasteiger partial charge in [-0.3, -0.25) is 14.9 Å². The maximum atomic E-state index is 11.5. The highest BCUT2D eigenvalue weighted by Crippen LogP contribution is 2.26. The molecule has 0 heterocycles. The summed E-state index contributed by atoms with van der Waals surface area (Å²) < 4.78 is 0. The first-order valence-electron chi connectivity index (χ1n) is 6.42. The van der Waals surface area contributed by atoms with E-state index in [9.17, 15) is 20.0 Å². The number of carbonyl (C=O) groups excluding carboxylic acids is 1. The highest BCUT2D eigenvalue weighted by atomic mass is 16.6. The summed E-state index contributed by atoms with van der Waals surface area (Å²) in [4.78, 5) is 23.8. The zero-order valence-electron chi connectivity index (χ0n) is 12.2. The van der Waals surface area contributed by atoms with E-state index >= 15 is 0 Å². The smallest absolute Gasteiger partial charge is 0.280 e. The van der Waals surface area contributed by atoms with Gasteiger partial charge >= 0.3 is 0 Å². The predicted octanol–water partition coefficient (Wildman–Crippen LogP) is 2.39. The number of nitro benzene ring substituents is 1. The highest BCUT2D eigenvalue weighted by molar-refractivity contribution is 5.99. The van der Waals surface area contributed by atoms with Crippen molar-refractivity contribution in [3.8, 4) is 0 Å². The molecule has 0 aromatic heterocycles. The van der Waals surface area contributed by atoms with Crippen LogP contribution in [0.1, 0.15) is 38.1 Å². The van der Waals surface area contributed by atoms with Crippen LogP contribution in [0.25, 0.3) is 0 Å². The normalized spacial score (nSPS) is 11.2. The second kappa shape index (κ2) is 6.00. The molecule has 1 aromatic carbocycles. The van der Waals surface area contributed by atoms with Crippen LogP contribution in [0.15, 0.2) is 18.2 Å². The second-order valence-corrected chi connectivity index (χ2v) is 5.34. The van der Waals surface area contributed by atoms with Gasteiger partial charge in [0, 0.05) is 24.8 Å². The monoisotopic (exact) mass is 280 g/mol. The van der Waals surface area contributed by atoms with Gasteiger partial charge in [-0.1, -0.05) is 0 Å². The first kappa shape index (κ1) is 16.1. The Kier molecular flexibility index (Phi) is 4.83. The van der Waals surface area contributed by atoms with Gasteiger partial charge in [0.25, 0.3) is 5.69 Å². The number of rotatable bonds is 6. The fourth-order valence-electron chi connectivity index (χ4n) is 2.01. The standard InChI is InChI=1S/C14H20N2O4/c1-5-15(9-14(3,4)18)11-6-7-13(16(19)20)12(8-11)10(2)17/h6-8,18H,5,9H2,1-4H3. The molecule has 0 aliphatic rings. The Labute approximate surface area is 118 Å². The van der Waals surface area contributed by atoms with Crippen LogP contribution in [0, 0.1) is 10.1 Å². The van der Waals surface area contributed by atoms with Crippen LogP contribution in [0.3, 0.4) is 0 Å². The Morgan fingerprint density at radius 2 is 2.05 bits per heavy atom. The number of Topliss-reactive ketones (excluding diaryl/α,β-unsaturated/α-hetero) is 1. The number of likely N-dealkylation sites (N-methyl/N-ethyl adjacent to an activating group) is 1. The van der Waals surface area contributed by atoms with E-state index in [1.807, 2.05) is 11.8 Å². The van der Waals surface area contributed by atoms with Crippen molar-refractivity contribution in [1.29, 1.82) is 0 Å². The number of benzene rings is 1. The molecule has 0 spiro atoms. The van der Waals surface area contributed by atoms with Gasteiger partial charge in [-0.2, -0.15) is 0 Å². The number of hydrogen-bond donors (Lipinski definition) is 1. The van der Waals surface area contributed by atoms with Crippen LogP contribution in [-0.4, -0.2) is 34.5 Å². The van der Waals surface area contributed by atoms with Crippen molar-refractivity contribution in [3.05, 3.63) is 33.9 Å². The molecule has 1 N–H and O–H groups in total. The lowest BCUT2D eigenvalue weighted by molar-refractivity contribution is -0.385. The zero-order valence-corrected chi connectivity index (χ0v) is 12.2. The molecule has 0 saturated heterocycles. The van der Waals surface area contributed by atoms with Crippen molar-refractivity contribution < 1.29 is 14.8 Å². The molecule has 1 aromatic rings. The van der Waals surface area contributed by atoms with Crippen LogP contribution in [-0.2, 0) is 0 Å². The van der Waals surface area contributed by atoms with E-state index in [1.165, 1.54) is 19.1 Å². The van der Waals surface area contributed by atoms with E-state index in [0.717, 1.165) is 0 Å². The number of nitro groups is 1. The molecular formula is C14H20N2O4. The number of hydrogen-bond acceptors (Lipinski definition) is 5. The van der Waals surface area contributed by atoms with Crippen molar-refractivity contribution in [2.45, 2.75) is 33.3 Å². The minimum atomic E-state index is -0.895. The summed E-state index contributed by atoms with van der Waals surface area (Å²) in [5.41, 5.74) is -0.318.